The molecule has 23 heavy (non-hydrogen) atoms. The van der Waals surface area contributed by atoms with E-state index in [4.69, 9.17) is 21.1 Å². The van der Waals surface area contributed by atoms with Crippen molar-refractivity contribution in [3.8, 4) is 11.5 Å². The minimum Gasteiger partial charge on any atom is -0.454 e. The summed E-state index contributed by atoms with van der Waals surface area (Å²) in [5.41, 5.74) is 0.831. The Bertz CT molecular complexity index is 1090. The van der Waals surface area contributed by atoms with Crippen LogP contribution in [-0.4, -0.2) is 19.8 Å². The van der Waals surface area contributed by atoms with Crippen molar-refractivity contribution < 1.29 is 17.9 Å². The lowest BCUT2D eigenvalue weighted by molar-refractivity contribution is 0.174. The van der Waals surface area contributed by atoms with E-state index in [1.54, 1.807) is 17.7 Å². The summed E-state index contributed by atoms with van der Waals surface area (Å²) in [5, 5.41) is 0. The lowest BCUT2D eigenvalue weighted by atomic mass is 10.3. The maximum atomic E-state index is 12.4. The number of thiophene rings is 1. The summed E-state index contributed by atoms with van der Waals surface area (Å²) in [6.07, 6.45) is 0. The number of ether oxygens (including phenoxy) is 2. The van der Waals surface area contributed by atoms with Crippen LogP contribution >= 0.6 is 34.3 Å². The van der Waals surface area contributed by atoms with E-state index >= 15 is 0 Å². The number of nitrogens with zero attached hydrogens (tertiary/aromatic N) is 2. The molecule has 0 fully saturated rings. The summed E-state index contributed by atoms with van der Waals surface area (Å²) in [4.78, 5) is 0.369. The van der Waals surface area contributed by atoms with Crippen molar-refractivity contribution in [1.29, 1.82) is 0 Å². The number of rotatable bonds is 2. The number of halogens is 1. The molecule has 0 bridgehead atoms. The summed E-state index contributed by atoms with van der Waals surface area (Å²) < 4.78 is 42.5. The van der Waals surface area contributed by atoms with Crippen LogP contribution in [0.1, 0.15) is 0 Å². The molecule has 2 aromatic heterocycles. The van der Waals surface area contributed by atoms with Gasteiger partial charge < -0.3 is 14.0 Å². The minimum atomic E-state index is -3.79. The zero-order valence-corrected chi connectivity index (χ0v) is 14.9. The molecule has 0 atom stereocenters. The number of hydrogen-bond donors (Lipinski definition) is 0. The molecule has 1 aromatic carbocycles. The standard InChI is InChI=1S/C13H9ClN2O4S3/c1-16-7-4-8-9(20-6-19-8)5-10(7)21-13(16)15-23(17,18)12-3-2-11(14)22-12/h2-5H,6H2,1H3. The summed E-state index contributed by atoms with van der Waals surface area (Å²) in [6, 6.07) is 6.64. The third-order valence-electron chi connectivity index (χ3n) is 3.30. The largest absolute Gasteiger partial charge is 0.454 e. The van der Waals surface area contributed by atoms with E-state index in [0.717, 1.165) is 21.6 Å². The van der Waals surface area contributed by atoms with E-state index in [-0.39, 0.29) is 11.0 Å². The van der Waals surface area contributed by atoms with Crippen LogP contribution in [0.3, 0.4) is 0 Å². The minimum absolute atomic E-state index is 0.120. The van der Waals surface area contributed by atoms with Gasteiger partial charge in [-0.1, -0.05) is 22.9 Å². The molecule has 0 N–H and O–H groups in total. The van der Waals surface area contributed by atoms with Crippen molar-refractivity contribution in [3.05, 3.63) is 33.4 Å². The van der Waals surface area contributed by atoms with E-state index < -0.39 is 10.0 Å². The molecule has 10 heteroatoms. The van der Waals surface area contributed by atoms with Crippen molar-refractivity contribution in [1.82, 2.24) is 4.57 Å². The molecule has 0 amide bonds. The van der Waals surface area contributed by atoms with E-state index in [9.17, 15) is 8.42 Å². The molecule has 0 unspecified atom stereocenters. The van der Waals surface area contributed by atoms with Gasteiger partial charge in [0.25, 0.3) is 10.0 Å². The first-order valence-electron chi connectivity index (χ1n) is 6.39. The van der Waals surface area contributed by atoms with Crippen LogP contribution in [0, 0.1) is 0 Å². The molecule has 4 rings (SSSR count). The van der Waals surface area contributed by atoms with Crippen LogP contribution in [-0.2, 0) is 17.1 Å². The van der Waals surface area contributed by atoms with Gasteiger partial charge >= 0.3 is 0 Å². The van der Waals surface area contributed by atoms with Gasteiger partial charge in [-0.05, 0) is 12.1 Å². The van der Waals surface area contributed by atoms with Crippen LogP contribution in [0.15, 0.2) is 32.9 Å². The van der Waals surface area contributed by atoms with Gasteiger partial charge in [0.2, 0.25) is 11.6 Å². The van der Waals surface area contributed by atoms with Gasteiger partial charge in [0, 0.05) is 19.2 Å². The fourth-order valence-electron chi connectivity index (χ4n) is 2.19. The molecular formula is C13H9ClN2O4S3. The molecule has 3 aromatic rings. The number of fused-ring (bicyclic) bond motifs is 2. The van der Waals surface area contributed by atoms with Crippen LogP contribution < -0.4 is 14.3 Å². The summed E-state index contributed by atoms with van der Waals surface area (Å²) in [6.45, 7) is 0.196. The molecule has 0 aliphatic carbocycles. The lowest BCUT2D eigenvalue weighted by Crippen LogP contribution is -2.13. The van der Waals surface area contributed by atoms with Gasteiger partial charge in [-0.15, -0.1) is 15.7 Å². The van der Waals surface area contributed by atoms with Crippen molar-refractivity contribution in [2.24, 2.45) is 11.4 Å². The van der Waals surface area contributed by atoms with Gasteiger partial charge in [0.15, 0.2) is 11.5 Å². The topological polar surface area (TPSA) is 69.9 Å². The van der Waals surface area contributed by atoms with Crippen molar-refractivity contribution in [2.75, 3.05) is 6.79 Å². The van der Waals surface area contributed by atoms with E-state index in [2.05, 4.69) is 4.40 Å². The van der Waals surface area contributed by atoms with Gasteiger partial charge in [-0.2, -0.15) is 8.42 Å². The molecule has 0 radical (unpaired) electrons. The normalized spacial score (nSPS) is 14.8. The molecule has 0 saturated heterocycles. The highest BCUT2D eigenvalue weighted by molar-refractivity contribution is 7.92. The second-order valence-corrected chi connectivity index (χ2v) is 9.30. The third-order valence-corrected chi connectivity index (χ3v) is 7.48. The Hall–Kier alpha value is -1.55. The first kappa shape index (κ1) is 15.0. The predicted octanol–water partition coefficient (Wildman–Crippen LogP) is 2.97. The third kappa shape index (κ3) is 2.53. The Morgan fingerprint density at radius 1 is 1.22 bits per heavy atom. The first-order chi connectivity index (χ1) is 10.9. The summed E-state index contributed by atoms with van der Waals surface area (Å²) in [5.74, 6) is 1.30. The Morgan fingerprint density at radius 2 is 1.96 bits per heavy atom. The summed E-state index contributed by atoms with van der Waals surface area (Å²) >= 11 is 8.06. The molecule has 1 aliphatic heterocycles. The Kier molecular flexibility index (Phi) is 3.41. The first-order valence-corrected chi connectivity index (χ1v) is 9.85. The maximum Gasteiger partial charge on any atom is 0.294 e. The van der Waals surface area contributed by atoms with Crippen LogP contribution in [0.5, 0.6) is 11.5 Å². The number of hydrogen-bond acceptors (Lipinski definition) is 6. The van der Waals surface area contributed by atoms with E-state index in [0.29, 0.717) is 20.6 Å². The van der Waals surface area contributed by atoms with Crippen molar-refractivity contribution in [3.63, 3.8) is 0 Å². The number of sulfonamides is 1. The van der Waals surface area contributed by atoms with Crippen LogP contribution in [0.2, 0.25) is 4.34 Å². The van der Waals surface area contributed by atoms with Gasteiger partial charge in [-0.3, -0.25) is 0 Å². The van der Waals surface area contributed by atoms with Gasteiger partial charge in [0.05, 0.1) is 14.6 Å². The monoisotopic (exact) mass is 388 g/mol. The molecule has 0 spiro atoms. The Morgan fingerprint density at radius 3 is 2.65 bits per heavy atom. The maximum absolute atomic E-state index is 12.4. The van der Waals surface area contributed by atoms with Crippen LogP contribution in [0.4, 0.5) is 0 Å². The number of thiazole rings is 1. The Balaban J connectivity index is 1.90. The highest BCUT2D eigenvalue weighted by Crippen LogP contribution is 2.36. The van der Waals surface area contributed by atoms with Crippen LogP contribution in [0.25, 0.3) is 10.2 Å². The smallest absolute Gasteiger partial charge is 0.294 e. The Labute approximate surface area is 144 Å². The summed E-state index contributed by atoms with van der Waals surface area (Å²) in [7, 11) is -2.03. The highest BCUT2D eigenvalue weighted by atomic mass is 35.5. The molecular weight excluding hydrogens is 380 g/mol. The average molecular weight is 389 g/mol. The van der Waals surface area contributed by atoms with Crippen molar-refractivity contribution >= 4 is 54.5 Å². The number of aryl methyl sites for hydroxylation is 1. The lowest BCUT2D eigenvalue weighted by Gasteiger charge is -1.98. The highest BCUT2D eigenvalue weighted by Gasteiger charge is 2.19. The molecule has 0 saturated carbocycles. The quantitative estimate of drug-likeness (QED) is 0.676. The predicted molar refractivity (Wildman–Crippen MR) is 89.0 cm³/mol. The van der Waals surface area contributed by atoms with E-state index in [1.165, 1.54) is 17.4 Å². The van der Waals surface area contributed by atoms with Crippen molar-refractivity contribution in [2.45, 2.75) is 4.21 Å². The average Bonchev–Trinajstić information content (AvgIpc) is 3.18. The molecule has 3 heterocycles. The molecule has 6 nitrogen and oxygen atoms in total. The molecule has 120 valence electrons. The van der Waals surface area contributed by atoms with E-state index in [1.807, 2.05) is 12.1 Å². The molecule has 1 aliphatic rings. The fraction of sp³-hybridized carbons (Fsp3) is 0.154. The van der Waals surface area contributed by atoms with Gasteiger partial charge in [0.1, 0.15) is 4.21 Å². The fourth-order valence-corrected chi connectivity index (χ4v) is 5.91. The zero-order valence-electron chi connectivity index (χ0n) is 11.6. The van der Waals surface area contributed by atoms with Gasteiger partial charge in [-0.25, -0.2) is 0 Å². The zero-order chi connectivity index (χ0) is 16.2. The SMILES string of the molecule is Cn1c(=NS(=O)(=O)c2ccc(Cl)s2)sc2cc3c(cc21)OCO3. The number of benzene rings is 1. The number of aromatic nitrogens is 1. The second kappa shape index (κ2) is 5.23. The second-order valence-electron chi connectivity index (χ2n) is 4.74.